The third kappa shape index (κ3) is 4.64. The molecule has 0 atom stereocenters. The number of hydrogen-bond acceptors (Lipinski definition) is 4. The van der Waals surface area contributed by atoms with E-state index in [0.717, 1.165) is 16.5 Å². The van der Waals surface area contributed by atoms with Crippen LogP contribution in [0, 0.1) is 0 Å². The lowest BCUT2D eigenvalue weighted by Gasteiger charge is -2.38. The molecule has 152 valence electrons. The van der Waals surface area contributed by atoms with Crippen LogP contribution in [-0.4, -0.2) is 49.0 Å². The summed E-state index contributed by atoms with van der Waals surface area (Å²) < 4.78 is 26.6. The van der Waals surface area contributed by atoms with E-state index in [9.17, 15) is 23.1 Å². The molecule has 0 saturated carbocycles. The van der Waals surface area contributed by atoms with E-state index in [4.69, 9.17) is 0 Å². The Morgan fingerprint density at radius 2 is 1.76 bits per heavy atom. The van der Waals surface area contributed by atoms with E-state index in [1.807, 2.05) is 30.3 Å². The summed E-state index contributed by atoms with van der Waals surface area (Å²) in [5.74, 6) is -0.344. The molecule has 0 aliphatic carbocycles. The number of carbonyl (C=O) groups is 2. The molecule has 1 aliphatic heterocycles. The minimum atomic E-state index is -3.71. The van der Waals surface area contributed by atoms with Crippen LogP contribution in [0.25, 0.3) is 0 Å². The Hall–Kier alpha value is -3.17. The molecule has 1 saturated heterocycles. The van der Waals surface area contributed by atoms with Gasteiger partial charge in [0.15, 0.2) is 0 Å². The van der Waals surface area contributed by atoms with E-state index in [1.165, 1.54) is 28.6 Å². The first-order valence-electron chi connectivity index (χ1n) is 8.89. The number of carboxylic acid groups (broad SMARTS) is 1. The van der Waals surface area contributed by atoms with Gasteiger partial charge in [-0.15, -0.1) is 0 Å². The van der Waals surface area contributed by atoms with Crippen LogP contribution < -0.4 is 10.2 Å². The van der Waals surface area contributed by atoms with Gasteiger partial charge >= 0.3 is 6.09 Å². The summed E-state index contributed by atoms with van der Waals surface area (Å²) in [6.07, 6.45) is 0.00695. The third-order valence-electron chi connectivity index (χ3n) is 4.58. The van der Waals surface area contributed by atoms with Gasteiger partial charge in [-0.25, -0.2) is 13.2 Å². The highest BCUT2D eigenvalue weighted by atomic mass is 32.2. The van der Waals surface area contributed by atoms with Crippen molar-refractivity contribution in [2.45, 2.75) is 17.5 Å². The first kappa shape index (κ1) is 20.6. The van der Waals surface area contributed by atoms with Gasteiger partial charge in [-0.2, -0.15) is 4.31 Å². The van der Waals surface area contributed by atoms with Crippen LogP contribution in [0.2, 0.25) is 0 Å². The number of nitrogens with zero attached hydrogens (tertiary/aromatic N) is 2. The second kappa shape index (κ2) is 8.46. The third-order valence-corrected chi connectivity index (χ3v) is 6.43. The monoisotopic (exact) mass is 415 g/mol. The van der Waals surface area contributed by atoms with Crippen LogP contribution in [0.15, 0.2) is 72.1 Å². The van der Waals surface area contributed by atoms with Gasteiger partial charge in [-0.05, 0) is 35.9 Å². The number of anilines is 1. The fourth-order valence-electron chi connectivity index (χ4n) is 2.97. The number of carbonyl (C=O) groups excluding carboxylic acids is 1. The number of nitrogens with one attached hydrogen (secondary N) is 1. The highest BCUT2D eigenvalue weighted by molar-refractivity contribution is 7.89. The maximum atomic E-state index is 12.7. The van der Waals surface area contributed by atoms with Crippen molar-refractivity contribution in [1.29, 1.82) is 0 Å². The highest BCUT2D eigenvalue weighted by Crippen LogP contribution is 2.25. The van der Waals surface area contributed by atoms with E-state index in [2.05, 4.69) is 11.9 Å². The summed E-state index contributed by atoms with van der Waals surface area (Å²) >= 11 is 0. The van der Waals surface area contributed by atoms with Crippen molar-refractivity contribution in [3.8, 4) is 0 Å². The Balaban J connectivity index is 1.71. The summed E-state index contributed by atoms with van der Waals surface area (Å²) in [5.41, 5.74) is 1.19. The van der Waals surface area contributed by atoms with Gasteiger partial charge in [0.25, 0.3) is 0 Å². The quantitative estimate of drug-likeness (QED) is 0.673. The van der Waals surface area contributed by atoms with Crippen LogP contribution >= 0.6 is 0 Å². The molecule has 9 heteroatoms. The number of rotatable bonds is 7. The molecule has 1 heterocycles. The van der Waals surface area contributed by atoms with E-state index >= 15 is 0 Å². The van der Waals surface area contributed by atoms with E-state index in [-0.39, 0.29) is 36.5 Å². The van der Waals surface area contributed by atoms with Gasteiger partial charge in [0.2, 0.25) is 15.9 Å². The molecule has 2 aromatic carbocycles. The van der Waals surface area contributed by atoms with Crippen LogP contribution in [0.1, 0.15) is 5.56 Å². The SMILES string of the molecule is C=CC(=O)NC1CN(S(=O)(=O)c2ccc(N(Cc3ccccc3)C(=O)O)cc2)C1. The fourth-order valence-corrected chi connectivity index (χ4v) is 4.50. The molecule has 0 aromatic heterocycles. The van der Waals surface area contributed by atoms with Crippen molar-refractivity contribution in [3.63, 3.8) is 0 Å². The van der Waals surface area contributed by atoms with E-state index in [0.29, 0.717) is 5.69 Å². The van der Waals surface area contributed by atoms with Crippen molar-refractivity contribution in [2.75, 3.05) is 18.0 Å². The topological polar surface area (TPSA) is 107 Å². The molecular formula is C20H21N3O5S. The molecule has 0 unspecified atom stereocenters. The normalized spacial score (nSPS) is 14.6. The predicted octanol–water partition coefficient (Wildman–Crippen LogP) is 2.05. The molecule has 3 rings (SSSR count). The molecule has 2 amide bonds. The highest BCUT2D eigenvalue weighted by Gasteiger charge is 2.37. The summed E-state index contributed by atoms with van der Waals surface area (Å²) in [6.45, 7) is 3.87. The van der Waals surface area contributed by atoms with Crippen molar-refractivity contribution >= 4 is 27.7 Å². The van der Waals surface area contributed by atoms with Crippen molar-refractivity contribution in [1.82, 2.24) is 9.62 Å². The summed E-state index contributed by atoms with van der Waals surface area (Å²) in [7, 11) is -3.71. The van der Waals surface area contributed by atoms with Gasteiger partial charge < -0.3 is 10.4 Å². The minimum absolute atomic E-state index is 0.0693. The molecule has 0 spiro atoms. The Kier molecular flexibility index (Phi) is 6.00. The summed E-state index contributed by atoms with van der Waals surface area (Å²) in [6, 6.07) is 14.6. The lowest BCUT2D eigenvalue weighted by atomic mass is 10.2. The van der Waals surface area contributed by atoms with Gasteiger partial charge in [0.05, 0.1) is 17.5 Å². The number of benzene rings is 2. The molecule has 1 fully saturated rings. The first-order valence-corrected chi connectivity index (χ1v) is 10.3. The molecule has 2 aromatic rings. The molecule has 29 heavy (non-hydrogen) atoms. The Morgan fingerprint density at radius 1 is 1.14 bits per heavy atom. The Bertz CT molecular complexity index is 1000. The largest absolute Gasteiger partial charge is 0.465 e. The molecule has 0 bridgehead atoms. The average Bonchev–Trinajstić information content (AvgIpc) is 2.68. The van der Waals surface area contributed by atoms with Gasteiger partial charge in [0, 0.05) is 18.8 Å². The van der Waals surface area contributed by atoms with E-state index < -0.39 is 16.1 Å². The van der Waals surface area contributed by atoms with Gasteiger partial charge in [-0.3, -0.25) is 9.69 Å². The van der Waals surface area contributed by atoms with Crippen LogP contribution in [0.3, 0.4) is 0 Å². The van der Waals surface area contributed by atoms with Crippen molar-refractivity contribution in [3.05, 3.63) is 72.8 Å². The van der Waals surface area contributed by atoms with E-state index in [1.54, 1.807) is 0 Å². The maximum absolute atomic E-state index is 12.7. The second-order valence-electron chi connectivity index (χ2n) is 6.58. The van der Waals surface area contributed by atoms with Crippen molar-refractivity contribution < 1.29 is 23.1 Å². The standard InChI is InChI=1S/C20H21N3O5S/c1-2-19(24)21-16-13-22(14-16)29(27,28)18-10-8-17(9-11-18)23(20(25)26)12-15-6-4-3-5-7-15/h2-11,16H,1,12-14H2,(H,21,24)(H,25,26). The Labute approximate surface area is 169 Å². The lowest BCUT2D eigenvalue weighted by Crippen LogP contribution is -2.60. The predicted molar refractivity (Wildman–Crippen MR) is 108 cm³/mol. The van der Waals surface area contributed by atoms with Crippen LogP contribution in [0.4, 0.5) is 10.5 Å². The van der Waals surface area contributed by atoms with Gasteiger partial charge in [-0.1, -0.05) is 36.9 Å². The molecule has 0 radical (unpaired) electrons. The first-order chi connectivity index (χ1) is 13.8. The number of sulfonamides is 1. The zero-order chi connectivity index (χ0) is 21.0. The Morgan fingerprint density at radius 3 is 2.31 bits per heavy atom. The average molecular weight is 415 g/mol. The minimum Gasteiger partial charge on any atom is -0.465 e. The van der Waals surface area contributed by atoms with Gasteiger partial charge in [0.1, 0.15) is 0 Å². The zero-order valence-corrected chi connectivity index (χ0v) is 16.4. The lowest BCUT2D eigenvalue weighted by molar-refractivity contribution is -0.117. The zero-order valence-electron chi connectivity index (χ0n) is 15.6. The van der Waals surface area contributed by atoms with Crippen LogP contribution in [-0.2, 0) is 21.4 Å². The molecule has 8 nitrogen and oxygen atoms in total. The second-order valence-corrected chi connectivity index (χ2v) is 8.52. The fraction of sp³-hybridized carbons (Fsp3) is 0.200. The van der Waals surface area contributed by atoms with Crippen molar-refractivity contribution in [2.24, 2.45) is 0 Å². The molecular weight excluding hydrogens is 394 g/mol. The maximum Gasteiger partial charge on any atom is 0.412 e. The summed E-state index contributed by atoms with van der Waals surface area (Å²) in [4.78, 5) is 24.2. The van der Waals surface area contributed by atoms with Crippen LogP contribution in [0.5, 0.6) is 0 Å². The summed E-state index contributed by atoms with van der Waals surface area (Å²) in [5, 5.41) is 12.2. The smallest absolute Gasteiger partial charge is 0.412 e. The molecule has 1 aliphatic rings. The number of amides is 2. The number of hydrogen-bond donors (Lipinski definition) is 2. The molecule has 2 N–H and O–H groups in total.